The molecule has 0 aliphatic rings. The third-order valence-corrected chi connectivity index (χ3v) is 3.42. The Balaban J connectivity index is 5.28. The minimum absolute atomic E-state index is 0.0297. The van der Waals surface area contributed by atoms with E-state index in [-0.39, 0.29) is 18.3 Å². The highest BCUT2D eigenvalue weighted by molar-refractivity contribution is 5.75. The summed E-state index contributed by atoms with van der Waals surface area (Å²) in [5.41, 5.74) is 0. The van der Waals surface area contributed by atoms with Gasteiger partial charge in [0.1, 0.15) is 12.1 Å². The van der Waals surface area contributed by atoms with E-state index in [1.165, 1.54) is 0 Å². The predicted octanol–water partition coefficient (Wildman–Crippen LogP) is 2.36. The number of hydrogen-bond acceptors (Lipinski definition) is 4. The summed E-state index contributed by atoms with van der Waals surface area (Å²) in [4.78, 5) is 11.7. The first-order valence-corrected chi connectivity index (χ1v) is 7.06. The third kappa shape index (κ3) is 6.65. The van der Waals surface area contributed by atoms with Crippen LogP contribution in [0.5, 0.6) is 0 Å². The second-order valence-electron chi connectivity index (χ2n) is 5.98. The van der Waals surface area contributed by atoms with Gasteiger partial charge in [0.15, 0.2) is 0 Å². The molecule has 0 aromatic rings. The van der Waals surface area contributed by atoms with Crippen LogP contribution in [0.1, 0.15) is 34.1 Å². The molecule has 0 amide bonds. The number of methoxy groups -OCH3 is 1. The van der Waals surface area contributed by atoms with Crippen molar-refractivity contribution >= 4 is 5.97 Å². The summed E-state index contributed by atoms with van der Waals surface area (Å²) in [6.45, 7) is 6.23. The van der Waals surface area contributed by atoms with Gasteiger partial charge in [-0.1, -0.05) is 27.7 Å². The number of esters is 1. The second-order valence-corrected chi connectivity index (χ2v) is 5.98. The molecule has 0 heterocycles. The average Bonchev–Trinajstić information content (AvgIpc) is 2.34. The first-order chi connectivity index (χ1) is 9.54. The molecule has 21 heavy (non-hydrogen) atoms. The highest BCUT2D eigenvalue weighted by Crippen LogP contribution is 2.30. The number of halogens is 3. The molecule has 0 bridgehead atoms. The normalized spacial score (nSPS) is 16.9. The van der Waals surface area contributed by atoms with Gasteiger partial charge in [-0.15, -0.1) is 0 Å². The Hall–Kier alpha value is -0.820. The summed E-state index contributed by atoms with van der Waals surface area (Å²) in [7, 11) is 1.14. The lowest BCUT2D eigenvalue weighted by atomic mass is 9.87. The Morgan fingerprint density at radius 3 is 2.05 bits per heavy atom. The van der Waals surface area contributed by atoms with Crippen LogP contribution in [-0.2, 0) is 9.53 Å². The number of carbonyl (C=O) groups excluding carboxylic acids is 1. The zero-order valence-corrected chi connectivity index (χ0v) is 13.2. The number of rotatable bonds is 8. The Morgan fingerprint density at radius 1 is 1.24 bits per heavy atom. The van der Waals surface area contributed by atoms with E-state index in [0.717, 1.165) is 7.11 Å². The Bertz CT molecular complexity index is 319. The van der Waals surface area contributed by atoms with E-state index in [1.807, 2.05) is 13.8 Å². The summed E-state index contributed by atoms with van der Waals surface area (Å²) < 4.78 is 44.3. The summed E-state index contributed by atoms with van der Waals surface area (Å²) in [5.74, 6) is -2.10. The van der Waals surface area contributed by atoms with Gasteiger partial charge in [-0.25, -0.2) is 0 Å². The number of alkyl halides is 3. The summed E-state index contributed by atoms with van der Waals surface area (Å²) in [6, 6.07) is -3.00. The average molecular weight is 313 g/mol. The van der Waals surface area contributed by atoms with E-state index in [2.05, 4.69) is 10.1 Å². The number of carbonyl (C=O) groups is 1. The monoisotopic (exact) mass is 313 g/mol. The van der Waals surface area contributed by atoms with Crippen LogP contribution in [0.3, 0.4) is 0 Å². The van der Waals surface area contributed by atoms with Gasteiger partial charge in [0.05, 0.1) is 7.11 Å². The van der Waals surface area contributed by atoms with Crippen molar-refractivity contribution in [2.24, 2.45) is 17.8 Å². The van der Waals surface area contributed by atoms with Gasteiger partial charge in [-0.3, -0.25) is 10.1 Å². The van der Waals surface area contributed by atoms with Crippen LogP contribution >= 0.6 is 0 Å². The van der Waals surface area contributed by atoms with Crippen LogP contribution in [0.2, 0.25) is 0 Å². The first-order valence-electron chi connectivity index (χ1n) is 7.06. The number of nitrogens with one attached hydrogen (secondary N) is 1. The lowest BCUT2D eigenvalue weighted by Crippen LogP contribution is -2.56. The van der Waals surface area contributed by atoms with Crippen molar-refractivity contribution in [2.45, 2.75) is 52.4 Å². The molecule has 0 aliphatic heterocycles. The second kappa shape index (κ2) is 8.58. The van der Waals surface area contributed by atoms with Crippen molar-refractivity contribution in [3.05, 3.63) is 0 Å². The fourth-order valence-electron chi connectivity index (χ4n) is 2.22. The lowest BCUT2D eigenvalue weighted by molar-refractivity contribution is -0.180. The van der Waals surface area contributed by atoms with Crippen molar-refractivity contribution in [3.63, 3.8) is 0 Å². The van der Waals surface area contributed by atoms with E-state index in [0.29, 0.717) is 0 Å². The molecule has 0 fully saturated rings. The van der Waals surface area contributed by atoms with Crippen molar-refractivity contribution in [1.29, 1.82) is 0 Å². The van der Waals surface area contributed by atoms with E-state index in [4.69, 9.17) is 0 Å². The SMILES string of the molecule is COC(=O)[C@H](CC(C)C)N[C@@H]([C@@H](CO)C(C)C)C(F)(F)F. The largest absolute Gasteiger partial charge is 0.468 e. The Labute approximate surface area is 124 Å². The predicted molar refractivity (Wildman–Crippen MR) is 73.7 cm³/mol. The van der Waals surface area contributed by atoms with Gasteiger partial charge in [0.2, 0.25) is 0 Å². The van der Waals surface area contributed by atoms with Gasteiger partial charge in [0, 0.05) is 12.5 Å². The summed E-state index contributed by atoms with van der Waals surface area (Å²) >= 11 is 0. The smallest absolute Gasteiger partial charge is 0.404 e. The molecule has 3 atom stereocenters. The van der Waals surface area contributed by atoms with Crippen molar-refractivity contribution in [3.8, 4) is 0 Å². The zero-order valence-electron chi connectivity index (χ0n) is 13.2. The summed E-state index contributed by atoms with van der Waals surface area (Å²) in [6.07, 6.45) is -4.32. The fourth-order valence-corrected chi connectivity index (χ4v) is 2.22. The molecule has 2 N–H and O–H groups in total. The maximum atomic E-state index is 13.3. The lowest BCUT2D eigenvalue weighted by Gasteiger charge is -2.34. The summed E-state index contributed by atoms with van der Waals surface area (Å²) in [5, 5.41) is 11.6. The van der Waals surface area contributed by atoms with Crippen LogP contribution in [0.4, 0.5) is 13.2 Å². The Morgan fingerprint density at radius 2 is 1.76 bits per heavy atom. The molecule has 0 unspecified atom stereocenters. The van der Waals surface area contributed by atoms with E-state index < -0.39 is 36.8 Å². The molecule has 126 valence electrons. The molecule has 0 aliphatic carbocycles. The van der Waals surface area contributed by atoms with Crippen LogP contribution < -0.4 is 5.32 Å². The molecule has 4 nitrogen and oxygen atoms in total. The standard InChI is InChI=1S/C14H26F3NO3/c1-8(2)6-11(13(20)21-5)18-12(14(15,16)17)10(7-19)9(3)4/h8-12,18-19H,6-7H2,1-5H3/t10-,11-,12-/m0/s1. The molecule has 0 aromatic heterocycles. The van der Waals surface area contributed by atoms with E-state index in [9.17, 15) is 23.1 Å². The molecule has 0 saturated heterocycles. The highest BCUT2D eigenvalue weighted by Gasteiger charge is 2.47. The van der Waals surface area contributed by atoms with Crippen LogP contribution in [0, 0.1) is 17.8 Å². The van der Waals surface area contributed by atoms with Gasteiger partial charge >= 0.3 is 12.1 Å². The van der Waals surface area contributed by atoms with E-state index >= 15 is 0 Å². The topological polar surface area (TPSA) is 58.6 Å². The maximum Gasteiger partial charge on any atom is 0.404 e. The van der Waals surface area contributed by atoms with Crippen molar-refractivity contribution < 1.29 is 27.8 Å². The quantitative estimate of drug-likeness (QED) is 0.676. The maximum absolute atomic E-state index is 13.3. The van der Waals surface area contributed by atoms with Gasteiger partial charge in [0.25, 0.3) is 0 Å². The van der Waals surface area contributed by atoms with Gasteiger partial charge in [-0.05, 0) is 18.3 Å². The molecule has 7 heteroatoms. The fraction of sp³-hybridized carbons (Fsp3) is 0.929. The first kappa shape index (κ1) is 20.2. The van der Waals surface area contributed by atoms with Crippen molar-refractivity contribution in [2.75, 3.05) is 13.7 Å². The number of ether oxygens (including phenoxy) is 1. The number of hydrogen-bond donors (Lipinski definition) is 2. The van der Waals surface area contributed by atoms with Crippen LogP contribution in [0.25, 0.3) is 0 Å². The van der Waals surface area contributed by atoms with Gasteiger partial charge < -0.3 is 9.84 Å². The number of aliphatic hydroxyl groups excluding tert-OH is 1. The van der Waals surface area contributed by atoms with Crippen molar-refractivity contribution in [1.82, 2.24) is 5.32 Å². The van der Waals surface area contributed by atoms with E-state index in [1.54, 1.807) is 13.8 Å². The van der Waals surface area contributed by atoms with Gasteiger partial charge in [-0.2, -0.15) is 13.2 Å². The zero-order chi connectivity index (χ0) is 16.8. The molecule has 0 spiro atoms. The minimum atomic E-state index is -4.55. The molecule has 0 aromatic carbocycles. The highest BCUT2D eigenvalue weighted by atomic mass is 19.4. The molecule has 0 rings (SSSR count). The molecule has 0 radical (unpaired) electrons. The Kier molecular flexibility index (Phi) is 8.25. The minimum Gasteiger partial charge on any atom is -0.468 e. The molecule has 0 saturated carbocycles. The molecular formula is C14H26F3NO3. The third-order valence-electron chi connectivity index (χ3n) is 3.42. The molecular weight excluding hydrogens is 287 g/mol. The van der Waals surface area contributed by atoms with Crippen LogP contribution in [-0.4, -0.2) is 43.1 Å². The number of aliphatic hydroxyl groups is 1. The van der Waals surface area contributed by atoms with Crippen LogP contribution in [0.15, 0.2) is 0 Å².